The molecular weight excluding hydrogens is 272 g/mol. The van der Waals surface area contributed by atoms with Crippen LogP contribution in [0.3, 0.4) is 0 Å². The molecule has 0 amide bonds. The van der Waals surface area contributed by atoms with Crippen molar-refractivity contribution in [2.45, 2.75) is 72.1 Å². The van der Waals surface area contributed by atoms with Gasteiger partial charge < -0.3 is 10.5 Å². The molecule has 0 rings (SSSR count). The number of nitrogens with zero attached hydrogens (tertiary/aromatic N) is 1. The molecule has 0 aliphatic carbocycles. The highest BCUT2D eigenvalue weighted by atomic mass is 16.4. The van der Waals surface area contributed by atoms with Gasteiger partial charge in [0.1, 0.15) is 0 Å². The smallest absolute Gasteiger partial charge is 0.0495 e. The Hall–Kier alpha value is -1.09. The molecule has 0 saturated heterocycles. The summed E-state index contributed by atoms with van der Waals surface area (Å²) < 4.78 is 0. The van der Waals surface area contributed by atoms with Gasteiger partial charge >= 0.3 is 0 Å². The average Bonchev–Trinajstić information content (AvgIpc) is 2.47. The van der Waals surface area contributed by atoms with Gasteiger partial charge in [-0.05, 0) is 45.2 Å². The van der Waals surface area contributed by atoms with Crippen LogP contribution in [0.2, 0.25) is 0 Å². The van der Waals surface area contributed by atoms with E-state index in [0.29, 0.717) is 0 Å². The minimum Gasteiger partial charge on any atom is -0.411 e. The SMILES string of the molecule is CCCCCCNCC/C=C/CC/C=C/CC(C)(C)/C=N/O. The number of allylic oxidation sites excluding steroid dienone is 3. The summed E-state index contributed by atoms with van der Waals surface area (Å²) in [5, 5.41) is 15.2. The first-order valence-corrected chi connectivity index (χ1v) is 8.81. The van der Waals surface area contributed by atoms with Crippen molar-refractivity contribution in [1.29, 1.82) is 0 Å². The Labute approximate surface area is 137 Å². The topological polar surface area (TPSA) is 44.6 Å². The molecule has 0 radical (unpaired) electrons. The maximum absolute atomic E-state index is 8.55. The molecule has 0 fully saturated rings. The van der Waals surface area contributed by atoms with Gasteiger partial charge in [0.15, 0.2) is 0 Å². The molecule has 128 valence electrons. The third-order valence-corrected chi connectivity index (χ3v) is 3.58. The third-order valence-electron chi connectivity index (χ3n) is 3.58. The van der Waals surface area contributed by atoms with Crippen LogP contribution in [0, 0.1) is 5.41 Å². The first-order chi connectivity index (χ1) is 10.6. The minimum atomic E-state index is -0.0656. The summed E-state index contributed by atoms with van der Waals surface area (Å²) >= 11 is 0. The summed E-state index contributed by atoms with van der Waals surface area (Å²) in [5.41, 5.74) is -0.0656. The zero-order valence-corrected chi connectivity index (χ0v) is 14.9. The van der Waals surface area contributed by atoms with Crippen LogP contribution in [0.1, 0.15) is 72.1 Å². The number of hydrogen-bond acceptors (Lipinski definition) is 3. The van der Waals surface area contributed by atoms with E-state index >= 15 is 0 Å². The van der Waals surface area contributed by atoms with Gasteiger partial charge in [0.05, 0.1) is 0 Å². The maximum atomic E-state index is 8.55. The van der Waals surface area contributed by atoms with E-state index in [1.807, 2.05) is 0 Å². The van der Waals surface area contributed by atoms with Crippen molar-refractivity contribution >= 4 is 6.21 Å². The van der Waals surface area contributed by atoms with Crippen LogP contribution in [0.5, 0.6) is 0 Å². The molecule has 0 aromatic carbocycles. The van der Waals surface area contributed by atoms with Gasteiger partial charge in [0.2, 0.25) is 0 Å². The van der Waals surface area contributed by atoms with E-state index in [2.05, 4.69) is 55.5 Å². The highest BCUT2D eigenvalue weighted by molar-refractivity contribution is 5.64. The molecule has 0 spiro atoms. The Balaban J connectivity index is 3.41. The fourth-order valence-electron chi connectivity index (χ4n) is 2.13. The van der Waals surface area contributed by atoms with E-state index in [0.717, 1.165) is 38.8 Å². The van der Waals surface area contributed by atoms with Crippen molar-refractivity contribution in [1.82, 2.24) is 5.32 Å². The van der Waals surface area contributed by atoms with Crippen molar-refractivity contribution in [2.75, 3.05) is 13.1 Å². The second-order valence-corrected chi connectivity index (χ2v) is 6.56. The van der Waals surface area contributed by atoms with E-state index in [1.54, 1.807) is 6.21 Å². The zero-order valence-electron chi connectivity index (χ0n) is 14.9. The van der Waals surface area contributed by atoms with Gasteiger partial charge in [-0.25, -0.2) is 0 Å². The number of unbranched alkanes of at least 4 members (excludes halogenated alkanes) is 4. The van der Waals surface area contributed by atoms with E-state index < -0.39 is 0 Å². The van der Waals surface area contributed by atoms with Crippen LogP contribution in [0.25, 0.3) is 0 Å². The second kappa shape index (κ2) is 14.8. The van der Waals surface area contributed by atoms with Crippen molar-refractivity contribution in [3.8, 4) is 0 Å². The predicted molar refractivity (Wildman–Crippen MR) is 97.8 cm³/mol. The lowest BCUT2D eigenvalue weighted by Crippen LogP contribution is -2.15. The van der Waals surface area contributed by atoms with Crippen LogP contribution in [-0.2, 0) is 0 Å². The van der Waals surface area contributed by atoms with E-state index in [4.69, 9.17) is 5.21 Å². The molecule has 2 N–H and O–H groups in total. The zero-order chi connectivity index (χ0) is 16.5. The largest absolute Gasteiger partial charge is 0.411 e. The number of hydrogen-bond donors (Lipinski definition) is 2. The van der Waals surface area contributed by atoms with Gasteiger partial charge in [0.25, 0.3) is 0 Å². The lowest BCUT2D eigenvalue weighted by Gasteiger charge is -2.14. The summed E-state index contributed by atoms with van der Waals surface area (Å²) in [6.45, 7) is 8.62. The monoisotopic (exact) mass is 308 g/mol. The summed E-state index contributed by atoms with van der Waals surface area (Å²) in [5.74, 6) is 0. The Morgan fingerprint density at radius 1 is 0.909 bits per heavy atom. The lowest BCUT2D eigenvalue weighted by atomic mass is 9.91. The summed E-state index contributed by atoms with van der Waals surface area (Å²) in [6, 6.07) is 0. The van der Waals surface area contributed by atoms with Gasteiger partial charge in [-0.15, -0.1) is 5.16 Å². The summed E-state index contributed by atoms with van der Waals surface area (Å²) in [6.07, 6.45) is 20.0. The molecule has 0 atom stereocenters. The molecule has 3 heteroatoms. The van der Waals surface area contributed by atoms with Crippen LogP contribution < -0.4 is 5.32 Å². The van der Waals surface area contributed by atoms with Crippen molar-refractivity contribution < 1.29 is 5.21 Å². The quantitative estimate of drug-likeness (QED) is 0.150. The molecule has 22 heavy (non-hydrogen) atoms. The average molecular weight is 309 g/mol. The molecule has 0 aromatic heterocycles. The van der Waals surface area contributed by atoms with Crippen LogP contribution >= 0.6 is 0 Å². The van der Waals surface area contributed by atoms with Gasteiger partial charge in [-0.1, -0.05) is 64.3 Å². The number of rotatable bonds is 14. The van der Waals surface area contributed by atoms with Gasteiger partial charge in [-0.2, -0.15) is 0 Å². The third kappa shape index (κ3) is 15.3. The number of nitrogens with one attached hydrogen (secondary N) is 1. The van der Waals surface area contributed by atoms with Crippen molar-refractivity contribution in [3.05, 3.63) is 24.3 Å². The Morgan fingerprint density at radius 3 is 2.27 bits per heavy atom. The number of oxime groups is 1. The maximum Gasteiger partial charge on any atom is 0.0495 e. The predicted octanol–water partition coefficient (Wildman–Crippen LogP) is 5.32. The summed E-state index contributed by atoms with van der Waals surface area (Å²) in [7, 11) is 0. The molecule has 0 unspecified atom stereocenters. The molecule has 0 heterocycles. The normalized spacial score (nSPS) is 13.0. The second-order valence-electron chi connectivity index (χ2n) is 6.56. The van der Waals surface area contributed by atoms with Crippen molar-refractivity contribution in [3.63, 3.8) is 0 Å². The minimum absolute atomic E-state index is 0.0656. The fraction of sp³-hybridized carbons (Fsp3) is 0.737. The molecule has 0 aliphatic heterocycles. The first kappa shape index (κ1) is 20.9. The highest BCUT2D eigenvalue weighted by Crippen LogP contribution is 2.17. The molecule has 0 saturated carbocycles. The highest BCUT2D eigenvalue weighted by Gasteiger charge is 2.12. The Morgan fingerprint density at radius 2 is 1.59 bits per heavy atom. The van der Waals surface area contributed by atoms with Crippen LogP contribution in [-0.4, -0.2) is 24.5 Å². The van der Waals surface area contributed by atoms with Crippen molar-refractivity contribution in [2.24, 2.45) is 10.6 Å². The van der Waals surface area contributed by atoms with Crippen LogP contribution in [0.15, 0.2) is 29.5 Å². The van der Waals surface area contributed by atoms with E-state index in [9.17, 15) is 0 Å². The lowest BCUT2D eigenvalue weighted by molar-refractivity contribution is 0.313. The van der Waals surface area contributed by atoms with E-state index in [-0.39, 0.29) is 5.41 Å². The first-order valence-electron chi connectivity index (χ1n) is 8.81. The standard InChI is InChI=1S/C19H36N2O/c1-4-5-6-13-16-20-17-14-11-9-7-8-10-12-15-19(2,3)18-21-22/h9-12,18,20,22H,4-8,13-17H2,1-3H3/b11-9+,12-10+,21-18+. The van der Waals surface area contributed by atoms with Gasteiger partial charge in [-0.3, -0.25) is 0 Å². The Kier molecular flexibility index (Phi) is 14.1. The molecule has 3 nitrogen and oxygen atoms in total. The fourth-order valence-corrected chi connectivity index (χ4v) is 2.13. The molecular formula is C19H36N2O. The molecule has 0 aromatic rings. The molecule has 0 aliphatic rings. The molecule has 0 bridgehead atoms. The Bertz CT molecular complexity index is 319. The van der Waals surface area contributed by atoms with Gasteiger partial charge in [0, 0.05) is 11.6 Å². The van der Waals surface area contributed by atoms with E-state index in [1.165, 1.54) is 25.7 Å². The van der Waals surface area contributed by atoms with Crippen LogP contribution in [0.4, 0.5) is 0 Å². The summed E-state index contributed by atoms with van der Waals surface area (Å²) in [4.78, 5) is 0.